The van der Waals surface area contributed by atoms with Gasteiger partial charge in [-0.05, 0) is 38.5 Å². The van der Waals surface area contributed by atoms with Crippen molar-refractivity contribution in [3.8, 4) is 5.75 Å². The fraction of sp³-hybridized carbons (Fsp3) is 0.435. The number of aryl methyl sites for hydroxylation is 1. The standard InChI is InChI=1S/C23H31N3O4S/c1-18-9-11-21(12-10-18)31(28,29)26-14-6-13-25(15-16-26)19(2)23(27)24-17-20-7-4-5-8-22(20)30-3/h4-5,7-12,19H,6,13-17H2,1-3H3,(H,24,27). The van der Waals surface area contributed by atoms with Crippen LogP contribution in [0.2, 0.25) is 0 Å². The summed E-state index contributed by atoms with van der Waals surface area (Å²) >= 11 is 0. The number of hydrogen-bond donors (Lipinski definition) is 1. The summed E-state index contributed by atoms with van der Waals surface area (Å²) in [5.41, 5.74) is 1.94. The maximum absolute atomic E-state index is 13.0. The zero-order valence-electron chi connectivity index (χ0n) is 18.4. The first kappa shape index (κ1) is 23.2. The smallest absolute Gasteiger partial charge is 0.243 e. The molecular formula is C23H31N3O4S. The van der Waals surface area contributed by atoms with Crippen molar-refractivity contribution in [3.63, 3.8) is 0 Å². The minimum Gasteiger partial charge on any atom is -0.496 e. The fourth-order valence-corrected chi connectivity index (χ4v) is 5.22. The van der Waals surface area contributed by atoms with Crippen LogP contribution in [0.15, 0.2) is 53.4 Å². The van der Waals surface area contributed by atoms with Crippen LogP contribution in [0.5, 0.6) is 5.75 Å². The van der Waals surface area contributed by atoms with Crippen molar-refractivity contribution in [2.75, 3.05) is 33.3 Å². The second kappa shape index (κ2) is 10.3. The summed E-state index contributed by atoms with van der Waals surface area (Å²) in [5.74, 6) is 0.655. The molecule has 0 radical (unpaired) electrons. The van der Waals surface area contributed by atoms with E-state index < -0.39 is 10.0 Å². The van der Waals surface area contributed by atoms with Crippen molar-refractivity contribution in [3.05, 3.63) is 59.7 Å². The Morgan fingerprint density at radius 2 is 1.77 bits per heavy atom. The second-order valence-corrected chi connectivity index (χ2v) is 9.75. The molecule has 3 rings (SSSR count). The van der Waals surface area contributed by atoms with Gasteiger partial charge in [0.05, 0.1) is 18.0 Å². The van der Waals surface area contributed by atoms with Crippen LogP contribution in [-0.2, 0) is 21.4 Å². The number of benzene rings is 2. The largest absolute Gasteiger partial charge is 0.496 e. The van der Waals surface area contributed by atoms with Crippen molar-refractivity contribution in [1.29, 1.82) is 0 Å². The Morgan fingerprint density at radius 1 is 1.06 bits per heavy atom. The second-order valence-electron chi connectivity index (χ2n) is 7.81. The Bertz CT molecular complexity index is 992. The molecular weight excluding hydrogens is 414 g/mol. The van der Waals surface area contributed by atoms with Gasteiger partial charge in [-0.2, -0.15) is 4.31 Å². The molecule has 1 aliphatic heterocycles. The van der Waals surface area contributed by atoms with Gasteiger partial charge < -0.3 is 10.1 Å². The molecule has 1 unspecified atom stereocenters. The van der Waals surface area contributed by atoms with Gasteiger partial charge in [0.2, 0.25) is 15.9 Å². The number of ether oxygens (including phenoxy) is 1. The van der Waals surface area contributed by atoms with E-state index in [1.807, 2.05) is 55.1 Å². The normalized spacial score (nSPS) is 17.0. The highest BCUT2D eigenvalue weighted by atomic mass is 32.2. The first-order valence-corrected chi connectivity index (χ1v) is 12.0. The maximum atomic E-state index is 13.0. The first-order valence-electron chi connectivity index (χ1n) is 10.5. The van der Waals surface area contributed by atoms with E-state index in [-0.39, 0.29) is 11.9 Å². The lowest BCUT2D eigenvalue weighted by Gasteiger charge is -2.27. The number of rotatable bonds is 7. The lowest BCUT2D eigenvalue weighted by Crippen LogP contribution is -2.46. The third kappa shape index (κ3) is 5.64. The Labute approximate surface area is 185 Å². The molecule has 1 heterocycles. The number of para-hydroxylation sites is 1. The quantitative estimate of drug-likeness (QED) is 0.708. The lowest BCUT2D eigenvalue weighted by molar-refractivity contribution is -0.126. The van der Waals surface area contributed by atoms with E-state index in [0.717, 1.165) is 16.9 Å². The number of sulfonamides is 1. The summed E-state index contributed by atoms with van der Waals surface area (Å²) in [6, 6.07) is 14.2. The predicted octanol–water partition coefficient (Wildman–Crippen LogP) is 2.40. The van der Waals surface area contributed by atoms with Gasteiger partial charge in [0, 0.05) is 38.3 Å². The van der Waals surface area contributed by atoms with Crippen LogP contribution in [0.25, 0.3) is 0 Å². The molecule has 1 amide bonds. The zero-order valence-corrected chi connectivity index (χ0v) is 19.2. The summed E-state index contributed by atoms with van der Waals surface area (Å²) in [6.07, 6.45) is 0.676. The van der Waals surface area contributed by atoms with Crippen molar-refractivity contribution >= 4 is 15.9 Å². The van der Waals surface area contributed by atoms with Gasteiger partial charge >= 0.3 is 0 Å². The molecule has 1 atom stereocenters. The molecule has 0 saturated carbocycles. The number of methoxy groups -OCH3 is 1. The summed E-state index contributed by atoms with van der Waals surface area (Å²) in [4.78, 5) is 15.1. The van der Waals surface area contributed by atoms with E-state index in [9.17, 15) is 13.2 Å². The molecule has 2 aromatic carbocycles. The third-order valence-corrected chi connectivity index (χ3v) is 7.63. The highest BCUT2D eigenvalue weighted by molar-refractivity contribution is 7.89. The van der Waals surface area contributed by atoms with Gasteiger partial charge in [-0.15, -0.1) is 0 Å². The van der Waals surface area contributed by atoms with Gasteiger partial charge in [-0.3, -0.25) is 9.69 Å². The van der Waals surface area contributed by atoms with E-state index in [2.05, 4.69) is 5.32 Å². The topological polar surface area (TPSA) is 79.0 Å². The van der Waals surface area contributed by atoms with Crippen LogP contribution < -0.4 is 10.1 Å². The summed E-state index contributed by atoms with van der Waals surface area (Å²) < 4.78 is 32.9. The molecule has 1 fully saturated rings. The van der Waals surface area contributed by atoms with E-state index in [1.165, 1.54) is 4.31 Å². The lowest BCUT2D eigenvalue weighted by atomic mass is 10.2. The minimum atomic E-state index is -3.53. The number of amides is 1. The number of carbonyl (C=O) groups is 1. The van der Waals surface area contributed by atoms with Crippen LogP contribution in [0.4, 0.5) is 0 Å². The van der Waals surface area contributed by atoms with Crippen LogP contribution in [-0.4, -0.2) is 62.9 Å². The van der Waals surface area contributed by atoms with Crippen molar-refractivity contribution in [2.24, 2.45) is 0 Å². The van der Waals surface area contributed by atoms with Gasteiger partial charge in [0.15, 0.2) is 0 Å². The first-order chi connectivity index (χ1) is 14.8. The molecule has 0 aliphatic carbocycles. The summed E-state index contributed by atoms with van der Waals surface area (Å²) in [7, 11) is -1.93. The van der Waals surface area contributed by atoms with Crippen LogP contribution in [0.3, 0.4) is 0 Å². The van der Waals surface area contributed by atoms with Gasteiger partial charge in [0.25, 0.3) is 0 Å². The highest BCUT2D eigenvalue weighted by Crippen LogP contribution is 2.20. The molecule has 1 aliphatic rings. The van der Waals surface area contributed by atoms with Crippen LogP contribution in [0, 0.1) is 6.92 Å². The Kier molecular flexibility index (Phi) is 7.69. The van der Waals surface area contributed by atoms with Crippen molar-refractivity contribution in [1.82, 2.24) is 14.5 Å². The predicted molar refractivity (Wildman–Crippen MR) is 120 cm³/mol. The van der Waals surface area contributed by atoms with E-state index in [0.29, 0.717) is 44.0 Å². The van der Waals surface area contributed by atoms with Crippen LogP contribution in [0.1, 0.15) is 24.5 Å². The molecule has 1 saturated heterocycles. The monoisotopic (exact) mass is 445 g/mol. The summed E-state index contributed by atoms with van der Waals surface area (Å²) in [6.45, 7) is 6.16. The van der Waals surface area contributed by atoms with Crippen LogP contribution >= 0.6 is 0 Å². The molecule has 31 heavy (non-hydrogen) atoms. The van der Waals surface area contributed by atoms with Crippen molar-refractivity contribution in [2.45, 2.75) is 37.8 Å². The molecule has 7 nitrogen and oxygen atoms in total. The number of nitrogens with one attached hydrogen (secondary N) is 1. The van der Waals surface area contributed by atoms with Crippen molar-refractivity contribution < 1.29 is 17.9 Å². The highest BCUT2D eigenvalue weighted by Gasteiger charge is 2.29. The van der Waals surface area contributed by atoms with E-state index in [1.54, 1.807) is 19.2 Å². The zero-order chi connectivity index (χ0) is 22.4. The van der Waals surface area contributed by atoms with Gasteiger partial charge in [0.1, 0.15) is 5.75 Å². The molecule has 0 aromatic heterocycles. The molecule has 0 bridgehead atoms. The Hall–Kier alpha value is -2.42. The summed E-state index contributed by atoms with van der Waals surface area (Å²) in [5, 5.41) is 2.97. The van der Waals surface area contributed by atoms with Gasteiger partial charge in [-0.25, -0.2) is 8.42 Å². The minimum absolute atomic E-state index is 0.0826. The number of nitrogens with zero attached hydrogens (tertiary/aromatic N) is 2. The molecule has 1 N–H and O–H groups in total. The number of carbonyl (C=O) groups excluding carboxylic acids is 1. The Balaban J connectivity index is 1.59. The molecule has 2 aromatic rings. The maximum Gasteiger partial charge on any atom is 0.243 e. The Morgan fingerprint density at radius 3 is 2.48 bits per heavy atom. The molecule has 168 valence electrons. The van der Waals surface area contributed by atoms with E-state index in [4.69, 9.17) is 4.74 Å². The third-order valence-electron chi connectivity index (χ3n) is 5.72. The van der Waals surface area contributed by atoms with E-state index >= 15 is 0 Å². The average Bonchev–Trinajstić information content (AvgIpc) is 3.04. The molecule has 0 spiro atoms. The number of hydrogen-bond acceptors (Lipinski definition) is 5. The fourth-order valence-electron chi connectivity index (χ4n) is 3.75. The average molecular weight is 446 g/mol. The molecule has 8 heteroatoms. The SMILES string of the molecule is COc1ccccc1CNC(=O)C(C)N1CCCN(S(=O)(=O)c2ccc(C)cc2)CC1. The van der Waals surface area contributed by atoms with Gasteiger partial charge in [-0.1, -0.05) is 35.9 Å².